The van der Waals surface area contributed by atoms with Crippen molar-refractivity contribution >= 4 is 17.9 Å². The van der Waals surface area contributed by atoms with Gasteiger partial charge in [-0.05, 0) is 0 Å². The van der Waals surface area contributed by atoms with Gasteiger partial charge >= 0.3 is 17.9 Å². The zero-order chi connectivity index (χ0) is 21.4. The summed E-state index contributed by atoms with van der Waals surface area (Å²) < 4.78 is 15.5. The van der Waals surface area contributed by atoms with Crippen LogP contribution in [0.15, 0.2) is 0 Å². The number of aliphatic hydroxyl groups excluding tert-OH is 1. The van der Waals surface area contributed by atoms with E-state index in [1.165, 1.54) is 14.2 Å². The highest BCUT2D eigenvalue weighted by Gasteiger charge is 2.37. The van der Waals surface area contributed by atoms with Gasteiger partial charge in [-0.3, -0.25) is 14.4 Å². The topological polar surface area (TPSA) is 99.1 Å². The van der Waals surface area contributed by atoms with Crippen molar-refractivity contribution in [1.29, 1.82) is 0 Å². The first kappa shape index (κ1) is 25.3. The number of rotatable bonds is 11. The second-order valence-electron chi connectivity index (χ2n) is 8.60. The molecular formula is C18H36N2O7+2. The number of quaternary nitrogens is 2. The van der Waals surface area contributed by atoms with Gasteiger partial charge in [0.05, 0.1) is 69.3 Å². The Hall–Kier alpha value is -1.71. The SMILES string of the molecule is COC(=O)CC(C[N+](C)(C)C)OC(=O)CC(C(O)CC(=O)OC)[N+](C)(C)C. The van der Waals surface area contributed by atoms with Crippen LogP contribution in [0, 0.1) is 0 Å². The number of ether oxygens (including phenoxy) is 3. The van der Waals surface area contributed by atoms with Crippen LogP contribution in [0.25, 0.3) is 0 Å². The second-order valence-corrected chi connectivity index (χ2v) is 8.60. The van der Waals surface area contributed by atoms with Crippen LogP contribution < -0.4 is 0 Å². The third kappa shape index (κ3) is 10.9. The first-order valence-electron chi connectivity index (χ1n) is 8.82. The summed E-state index contributed by atoms with van der Waals surface area (Å²) in [5, 5.41) is 10.4. The van der Waals surface area contributed by atoms with Gasteiger partial charge in [-0.2, -0.15) is 0 Å². The van der Waals surface area contributed by atoms with Crippen LogP contribution in [0.1, 0.15) is 19.3 Å². The predicted molar refractivity (Wildman–Crippen MR) is 98.5 cm³/mol. The molecule has 0 aromatic rings. The normalized spacial score (nSPS) is 15.4. The lowest BCUT2D eigenvalue weighted by molar-refractivity contribution is -0.899. The Labute approximate surface area is 162 Å². The number of esters is 3. The lowest BCUT2D eigenvalue weighted by Gasteiger charge is -2.36. The summed E-state index contributed by atoms with van der Waals surface area (Å²) in [6.45, 7) is 0.431. The number of likely N-dealkylation sites (N-methyl/N-ethyl adjacent to an activating group) is 2. The molecule has 27 heavy (non-hydrogen) atoms. The number of methoxy groups -OCH3 is 2. The molecule has 1 N–H and O–H groups in total. The van der Waals surface area contributed by atoms with Gasteiger partial charge in [-0.25, -0.2) is 0 Å². The number of hydrogen-bond donors (Lipinski definition) is 1. The third-order valence-corrected chi connectivity index (χ3v) is 4.09. The molecule has 158 valence electrons. The molecule has 3 unspecified atom stereocenters. The van der Waals surface area contributed by atoms with E-state index < -0.39 is 36.2 Å². The summed E-state index contributed by atoms with van der Waals surface area (Å²) in [6, 6.07) is -0.570. The van der Waals surface area contributed by atoms with Crippen molar-refractivity contribution in [3.63, 3.8) is 0 Å². The van der Waals surface area contributed by atoms with Crippen molar-refractivity contribution in [1.82, 2.24) is 0 Å². The Kier molecular flexibility index (Phi) is 9.91. The van der Waals surface area contributed by atoms with E-state index in [-0.39, 0.29) is 23.7 Å². The summed E-state index contributed by atoms with van der Waals surface area (Å²) in [6.07, 6.45) is -2.07. The largest absolute Gasteiger partial charge is 0.469 e. The van der Waals surface area contributed by atoms with Crippen LogP contribution in [-0.2, 0) is 28.6 Å². The van der Waals surface area contributed by atoms with E-state index in [4.69, 9.17) is 4.74 Å². The Morgan fingerprint density at radius 3 is 1.70 bits per heavy atom. The number of carbonyl (C=O) groups excluding carboxylic acids is 3. The molecule has 0 fully saturated rings. The summed E-state index contributed by atoms with van der Waals surface area (Å²) >= 11 is 0. The number of aliphatic hydroxyl groups is 1. The van der Waals surface area contributed by atoms with Crippen LogP contribution in [-0.4, -0.2) is 113 Å². The molecule has 0 spiro atoms. The quantitative estimate of drug-likeness (QED) is 0.289. The number of hydrogen-bond acceptors (Lipinski definition) is 7. The Balaban J connectivity index is 5.16. The fourth-order valence-corrected chi connectivity index (χ4v) is 2.74. The predicted octanol–water partition coefficient (Wildman–Crippen LogP) is -0.444. The average Bonchev–Trinajstić information content (AvgIpc) is 2.49. The summed E-state index contributed by atoms with van der Waals surface area (Å²) in [4.78, 5) is 35.6. The van der Waals surface area contributed by atoms with E-state index in [2.05, 4.69) is 9.47 Å². The minimum absolute atomic E-state index is 0.0441. The highest BCUT2D eigenvalue weighted by molar-refractivity contribution is 5.73. The Bertz CT molecular complexity index is 509. The molecule has 0 aliphatic heterocycles. The van der Waals surface area contributed by atoms with Gasteiger partial charge in [-0.1, -0.05) is 0 Å². The maximum atomic E-state index is 12.5. The van der Waals surface area contributed by atoms with Crippen molar-refractivity contribution in [2.24, 2.45) is 0 Å². The van der Waals surface area contributed by atoms with Gasteiger partial charge < -0.3 is 28.3 Å². The van der Waals surface area contributed by atoms with E-state index in [0.717, 1.165) is 0 Å². The smallest absolute Gasteiger partial charge is 0.312 e. The molecule has 0 aromatic carbocycles. The molecular weight excluding hydrogens is 356 g/mol. The standard InChI is InChI=1S/C18H36N2O7/c1-19(2,3)12-13(9-16(22)25-7)27-18(24)10-14(20(4,5)6)15(21)11-17(23)26-8/h13-15,21H,9-12H2,1-8H3/q+2. The molecule has 9 nitrogen and oxygen atoms in total. The Morgan fingerprint density at radius 1 is 0.815 bits per heavy atom. The van der Waals surface area contributed by atoms with Crippen molar-refractivity contribution in [3.8, 4) is 0 Å². The molecule has 0 aliphatic rings. The zero-order valence-electron chi connectivity index (χ0n) is 17.9. The number of nitrogens with zero attached hydrogens (tertiary/aromatic N) is 2. The van der Waals surface area contributed by atoms with Gasteiger partial charge in [0.15, 0.2) is 6.10 Å². The maximum absolute atomic E-state index is 12.5. The van der Waals surface area contributed by atoms with E-state index in [9.17, 15) is 19.5 Å². The molecule has 0 amide bonds. The van der Waals surface area contributed by atoms with Gasteiger partial charge in [0.2, 0.25) is 0 Å². The van der Waals surface area contributed by atoms with Gasteiger partial charge in [0.1, 0.15) is 25.1 Å². The first-order chi connectivity index (χ1) is 12.2. The minimum atomic E-state index is -1.07. The highest BCUT2D eigenvalue weighted by Crippen LogP contribution is 2.18. The van der Waals surface area contributed by atoms with E-state index in [0.29, 0.717) is 11.0 Å². The summed E-state index contributed by atoms with van der Waals surface area (Å²) in [5.74, 6) is -1.56. The van der Waals surface area contributed by atoms with E-state index in [1.54, 1.807) is 0 Å². The molecule has 0 aliphatic carbocycles. The molecule has 0 saturated carbocycles. The first-order valence-corrected chi connectivity index (χ1v) is 8.82. The molecule has 0 bridgehead atoms. The maximum Gasteiger partial charge on any atom is 0.312 e. The van der Waals surface area contributed by atoms with E-state index >= 15 is 0 Å². The lowest BCUT2D eigenvalue weighted by atomic mass is 10.0. The fraction of sp³-hybridized carbons (Fsp3) is 0.833. The molecule has 0 rings (SSSR count). The third-order valence-electron chi connectivity index (χ3n) is 4.09. The van der Waals surface area contributed by atoms with Gasteiger partial charge in [0, 0.05) is 0 Å². The van der Waals surface area contributed by atoms with E-state index in [1.807, 2.05) is 42.3 Å². The fourth-order valence-electron chi connectivity index (χ4n) is 2.74. The monoisotopic (exact) mass is 392 g/mol. The minimum Gasteiger partial charge on any atom is -0.469 e. The number of carbonyl (C=O) groups is 3. The van der Waals surface area contributed by atoms with Crippen molar-refractivity contribution < 1.29 is 42.7 Å². The van der Waals surface area contributed by atoms with Crippen LogP contribution in [0.4, 0.5) is 0 Å². The van der Waals surface area contributed by atoms with Gasteiger partial charge in [0.25, 0.3) is 0 Å². The summed E-state index contributed by atoms with van der Waals surface area (Å²) in [5.41, 5.74) is 0. The average molecular weight is 392 g/mol. The van der Waals surface area contributed by atoms with Crippen LogP contribution in [0.3, 0.4) is 0 Å². The molecule has 0 radical (unpaired) electrons. The lowest BCUT2D eigenvalue weighted by Crippen LogP contribution is -2.53. The molecule has 3 atom stereocenters. The molecule has 0 saturated heterocycles. The Morgan fingerprint density at radius 2 is 1.30 bits per heavy atom. The molecule has 9 heteroatoms. The summed E-state index contributed by atoms with van der Waals surface area (Å²) in [7, 11) is 13.7. The zero-order valence-corrected chi connectivity index (χ0v) is 17.9. The molecule has 0 heterocycles. The van der Waals surface area contributed by atoms with Crippen LogP contribution in [0.5, 0.6) is 0 Å². The van der Waals surface area contributed by atoms with Crippen LogP contribution >= 0.6 is 0 Å². The van der Waals surface area contributed by atoms with Crippen molar-refractivity contribution in [2.45, 2.75) is 37.5 Å². The van der Waals surface area contributed by atoms with Crippen molar-refractivity contribution in [2.75, 3.05) is 63.1 Å². The second kappa shape index (κ2) is 10.6. The van der Waals surface area contributed by atoms with Crippen LogP contribution in [0.2, 0.25) is 0 Å². The van der Waals surface area contributed by atoms with Gasteiger partial charge in [-0.15, -0.1) is 0 Å². The van der Waals surface area contributed by atoms with Crippen molar-refractivity contribution in [3.05, 3.63) is 0 Å². The highest BCUT2D eigenvalue weighted by atomic mass is 16.6. The molecule has 0 aromatic heterocycles.